The van der Waals surface area contributed by atoms with E-state index in [0.717, 1.165) is 15.7 Å². The summed E-state index contributed by atoms with van der Waals surface area (Å²) in [6.45, 7) is 1.15. The van der Waals surface area contributed by atoms with Crippen LogP contribution < -0.4 is 11.1 Å². The number of benzene rings is 1. The molecule has 0 saturated carbocycles. The van der Waals surface area contributed by atoms with Gasteiger partial charge in [0.15, 0.2) is 0 Å². The van der Waals surface area contributed by atoms with E-state index < -0.39 is 0 Å². The van der Waals surface area contributed by atoms with Crippen LogP contribution in [-0.2, 0) is 9.47 Å². The number of rotatable bonds is 7. The number of methoxy groups -OCH3 is 2. The number of thiocarbonyl (C=S) groups is 1. The van der Waals surface area contributed by atoms with E-state index in [-0.39, 0.29) is 6.10 Å². The summed E-state index contributed by atoms with van der Waals surface area (Å²) in [5.74, 6) is 0. The zero-order valence-corrected chi connectivity index (χ0v) is 12.8. The molecule has 0 aliphatic carbocycles. The van der Waals surface area contributed by atoms with Crippen LogP contribution in [0.4, 0.5) is 5.69 Å². The first-order chi connectivity index (χ1) is 8.58. The Kier molecular flexibility index (Phi) is 6.56. The number of nitrogens with one attached hydrogen (secondary N) is 1. The lowest BCUT2D eigenvalue weighted by molar-refractivity contribution is 0.0365. The number of nitrogens with two attached hydrogens (primary N) is 1. The van der Waals surface area contributed by atoms with Crippen molar-refractivity contribution in [2.45, 2.75) is 6.10 Å². The Labute approximate surface area is 121 Å². The smallest absolute Gasteiger partial charge is 0.106 e. The summed E-state index contributed by atoms with van der Waals surface area (Å²) in [5, 5.41) is 3.27. The molecule has 4 nitrogen and oxygen atoms in total. The van der Waals surface area contributed by atoms with Gasteiger partial charge >= 0.3 is 0 Å². The lowest BCUT2D eigenvalue weighted by atomic mass is 10.1. The fourth-order valence-corrected chi connectivity index (χ4v) is 2.04. The average Bonchev–Trinajstić information content (AvgIpc) is 2.34. The summed E-state index contributed by atoms with van der Waals surface area (Å²) in [6.07, 6.45) is -0.0202. The standard InChI is InChI=1S/C12H17BrN2O2S/c1-16-7-9(17-2)6-15-11-5-8(13)3-4-10(11)12(14)18/h3-5,9,15H,6-7H2,1-2H3,(H2,14,18). The molecule has 1 rings (SSSR count). The van der Waals surface area contributed by atoms with E-state index in [4.69, 9.17) is 27.4 Å². The number of ether oxygens (including phenoxy) is 2. The van der Waals surface area contributed by atoms with Gasteiger partial charge in [-0.05, 0) is 18.2 Å². The molecule has 0 radical (unpaired) electrons. The van der Waals surface area contributed by atoms with Crippen molar-refractivity contribution in [2.75, 3.05) is 32.7 Å². The minimum absolute atomic E-state index is 0.0202. The molecule has 0 aliphatic heterocycles. The second-order valence-corrected chi connectivity index (χ2v) is 5.10. The quantitative estimate of drug-likeness (QED) is 0.749. The monoisotopic (exact) mass is 332 g/mol. The lowest BCUT2D eigenvalue weighted by Crippen LogP contribution is -2.27. The van der Waals surface area contributed by atoms with Crippen molar-refractivity contribution in [3.63, 3.8) is 0 Å². The van der Waals surface area contributed by atoms with Gasteiger partial charge in [-0.3, -0.25) is 0 Å². The molecule has 1 aromatic carbocycles. The van der Waals surface area contributed by atoms with E-state index in [1.807, 2.05) is 18.2 Å². The van der Waals surface area contributed by atoms with Crippen LogP contribution in [0.15, 0.2) is 22.7 Å². The third-order valence-corrected chi connectivity index (χ3v) is 3.17. The molecule has 1 unspecified atom stereocenters. The summed E-state index contributed by atoms with van der Waals surface area (Å²) in [6, 6.07) is 5.73. The van der Waals surface area contributed by atoms with E-state index in [1.54, 1.807) is 14.2 Å². The molecular weight excluding hydrogens is 316 g/mol. The van der Waals surface area contributed by atoms with Gasteiger partial charge < -0.3 is 20.5 Å². The van der Waals surface area contributed by atoms with E-state index in [1.165, 1.54) is 0 Å². The van der Waals surface area contributed by atoms with Crippen LogP contribution in [-0.4, -0.2) is 38.5 Å². The molecule has 100 valence electrons. The van der Waals surface area contributed by atoms with Gasteiger partial charge in [-0.1, -0.05) is 28.1 Å². The molecule has 1 aromatic rings. The van der Waals surface area contributed by atoms with Crippen LogP contribution in [0.1, 0.15) is 5.56 Å². The maximum absolute atomic E-state index is 5.68. The normalized spacial score (nSPS) is 12.2. The highest BCUT2D eigenvalue weighted by Gasteiger charge is 2.10. The lowest BCUT2D eigenvalue weighted by Gasteiger charge is -2.17. The highest BCUT2D eigenvalue weighted by atomic mass is 79.9. The Balaban J connectivity index is 2.76. The van der Waals surface area contributed by atoms with Crippen molar-refractivity contribution >= 4 is 38.8 Å². The second-order valence-electron chi connectivity index (χ2n) is 3.75. The largest absolute Gasteiger partial charge is 0.389 e. The minimum Gasteiger partial charge on any atom is -0.389 e. The summed E-state index contributed by atoms with van der Waals surface area (Å²) < 4.78 is 11.3. The van der Waals surface area contributed by atoms with Crippen molar-refractivity contribution in [1.82, 2.24) is 0 Å². The molecule has 0 spiro atoms. The van der Waals surface area contributed by atoms with Crippen LogP contribution in [0.25, 0.3) is 0 Å². The SMILES string of the molecule is COCC(CNc1cc(Br)ccc1C(N)=S)OC. The zero-order chi connectivity index (χ0) is 13.5. The predicted molar refractivity (Wildman–Crippen MR) is 81.2 cm³/mol. The fourth-order valence-electron chi connectivity index (χ4n) is 1.50. The third-order valence-electron chi connectivity index (χ3n) is 2.45. The number of hydrogen-bond donors (Lipinski definition) is 2. The Hall–Kier alpha value is -0.690. The Bertz CT molecular complexity index is 415. The molecule has 6 heteroatoms. The van der Waals surface area contributed by atoms with Crippen LogP contribution in [0.2, 0.25) is 0 Å². The summed E-state index contributed by atoms with van der Waals surface area (Å²) in [5.41, 5.74) is 7.39. The fraction of sp³-hybridized carbons (Fsp3) is 0.417. The van der Waals surface area contributed by atoms with Crippen molar-refractivity contribution < 1.29 is 9.47 Å². The van der Waals surface area contributed by atoms with Crippen molar-refractivity contribution in [1.29, 1.82) is 0 Å². The molecule has 18 heavy (non-hydrogen) atoms. The van der Waals surface area contributed by atoms with Gasteiger partial charge in [-0.25, -0.2) is 0 Å². The molecule has 0 amide bonds. The van der Waals surface area contributed by atoms with E-state index in [2.05, 4.69) is 21.2 Å². The van der Waals surface area contributed by atoms with E-state index in [9.17, 15) is 0 Å². The topological polar surface area (TPSA) is 56.5 Å². The zero-order valence-electron chi connectivity index (χ0n) is 10.4. The minimum atomic E-state index is -0.0202. The van der Waals surface area contributed by atoms with Gasteiger partial charge in [0, 0.05) is 36.5 Å². The third kappa shape index (κ3) is 4.53. The van der Waals surface area contributed by atoms with Crippen molar-refractivity contribution in [2.24, 2.45) is 5.73 Å². The Morgan fingerprint density at radius 2 is 2.22 bits per heavy atom. The van der Waals surface area contributed by atoms with Crippen molar-refractivity contribution in [3.8, 4) is 0 Å². The predicted octanol–water partition coefficient (Wildman–Crippen LogP) is 2.16. The highest BCUT2D eigenvalue weighted by molar-refractivity contribution is 9.10. The first-order valence-electron chi connectivity index (χ1n) is 5.43. The molecule has 0 heterocycles. The Morgan fingerprint density at radius 3 is 2.78 bits per heavy atom. The van der Waals surface area contributed by atoms with Gasteiger partial charge in [0.2, 0.25) is 0 Å². The van der Waals surface area contributed by atoms with Crippen LogP contribution >= 0.6 is 28.1 Å². The van der Waals surface area contributed by atoms with Crippen LogP contribution in [0.5, 0.6) is 0 Å². The number of anilines is 1. The molecular formula is C12H17BrN2O2S. The van der Waals surface area contributed by atoms with E-state index >= 15 is 0 Å². The average molecular weight is 333 g/mol. The van der Waals surface area contributed by atoms with Crippen molar-refractivity contribution in [3.05, 3.63) is 28.2 Å². The second kappa shape index (κ2) is 7.68. The Morgan fingerprint density at radius 1 is 1.50 bits per heavy atom. The molecule has 0 fully saturated rings. The van der Waals surface area contributed by atoms with E-state index in [0.29, 0.717) is 18.1 Å². The van der Waals surface area contributed by atoms with Gasteiger partial charge in [-0.2, -0.15) is 0 Å². The maximum atomic E-state index is 5.68. The molecule has 3 N–H and O–H groups in total. The molecule has 0 aliphatic rings. The molecule has 0 saturated heterocycles. The summed E-state index contributed by atoms with van der Waals surface area (Å²) in [4.78, 5) is 0.366. The van der Waals surface area contributed by atoms with Crippen LogP contribution in [0.3, 0.4) is 0 Å². The van der Waals surface area contributed by atoms with Gasteiger partial charge in [0.05, 0.1) is 12.7 Å². The number of halogens is 1. The molecule has 1 atom stereocenters. The summed E-state index contributed by atoms with van der Waals surface area (Å²) >= 11 is 8.44. The first-order valence-corrected chi connectivity index (χ1v) is 6.63. The van der Waals surface area contributed by atoms with Crippen LogP contribution in [0, 0.1) is 0 Å². The maximum Gasteiger partial charge on any atom is 0.106 e. The molecule has 0 aromatic heterocycles. The highest BCUT2D eigenvalue weighted by Crippen LogP contribution is 2.21. The first kappa shape index (κ1) is 15.4. The molecule has 0 bridgehead atoms. The van der Waals surface area contributed by atoms with Gasteiger partial charge in [0.1, 0.15) is 4.99 Å². The summed E-state index contributed by atoms with van der Waals surface area (Å²) in [7, 11) is 3.30. The van der Waals surface area contributed by atoms with Gasteiger partial charge in [0.25, 0.3) is 0 Å². The van der Waals surface area contributed by atoms with Gasteiger partial charge in [-0.15, -0.1) is 0 Å². The number of hydrogen-bond acceptors (Lipinski definition) is 4.